The van der Waals surface area contributed by atoms with Gasteiger partial charge in [0.05, 0.1) is 13.7 Å². The fourth-order valence-corrected chi connectivity index (χ4v) is 2.58. The van der Waals surface area contributed by atoms with Crippen LogP contribution in [0.4, 0.5) is 0 Å². The quantitative estimate of drug-likeness (QED) is 0.552. The first-order chi connectivity index (χ1) is 12.7. The normalized spacial score (nSPS) is 12.8. The van der Waals surface area contributed by atoms with E-state index in [0.717, 1.165) is 12.0 Å². The number of rotatable bonds is 7. The van der Waals surface area contributed by atoms with E-state index in [1.165, 1.54) is 6.08 Å². The van der Waals surface area contributed by atoms with Gasteiger partial charge in [-0.25, -0.2) is 0 Å². The van der Waals surface area contributed by atoms with Crippen LogP contribution in [-0.2, 0) is 0 Å². The molecule has 0 atom stereocenters. The fourth-order valence-electron chi connectivity index (χ4n) is 2.58. The SMILES string of the molecule is CCCOc1ccc(C=CC(=O)c2ccc3c(c2)OCCO3)cc1OC. The minimum Gasteiger partial charge on any atom is -0.493 e. The van der Waals surface area contributed by atoms with Gasteiger partial charge in [-0.15, -0.1) is 0 Å². The molecule has 2 aromatic rings. The van der Waals surface area contributed by atoms with Gasteiger partial charge in [0.2, 0.25) is 0 Å². The highest BCUT2D eigenvalue weighted by atomic mass is 16.6. The van der Waals surface area contributed by atoms with Crippen LogP contribution < -0.4 is 18.9 Å². The van der Waals surface area contributed by atoms with Gasteiger partial charge in [-0.2, -0.15) is 0 Å². The van der Waals surface area contributed by atoms with E-state index in [1.807, 2.05) is 25.1 Å². The number of ether oxygens (including phenoxy) is 4. The first-order valence-corrected chi connectivity index (χ1v) is 8.64. The largest absolute Gasteiger partial charge is 0.493 e. The van der Waals surface area contributed by atoms with Crippen LogP contribution in [0.2, 0.25) is 0 Å². The number of ketones is 1. The number of benzene rings is 2. The van der Waals surface area contributed by atoms with Crippen molar-refractivity contribution in [2.24, 2.45) is 0 Å². The van der Waals surface area contributed by atoms with E-state index in [0.29, 0.717) is 48.4 Å². The van der Waals surface area contributed by atoms with Crippen molar-refractivity contribution in [3.05, 3.63) is 53.6 Å². The Morgan fingerprint density at radius 3 is 2.65 bits per heavy atom. The van der Waals surface area contributed by atoms with Crippen LogP contribution in [0.25, 0.3) is 6.08 Å². The van der Waals surface area contributed by atoms with Gasteiger partial charge in [-0.05, 0) is 48.4 Å². The van der Waals surface area contributed by atoms with Crippen LogP contribution in [-0.4, -0.2) is 32.7 Å². The lowest BCUT2D eigenvalue weighted by Crippen LogP contribution is -2.15. The zero-order valence-electron chi connectivity index (χ0n) is 15.0. The molecule has 1 heterocycles. The lowest BCUT2D eigenvalue weighted by molar-refractivity contribution is 0.104. The van der Waals surface area contributed by atoms with E-state index >= 15 is 0 Å². The maximum absolute atomic E-state index is 12.4. The van der Waals surface area contributed by atoms with E-state index in [1.54, 1.807) is 31.4 Å². The van der Waals surface area contributed by atoms with E-state index in [-0.39, 0.29) is 5.78 Å². The molecular weight excluding hydrogens is 332 g/mol. The predicted octanol–water partition coefficient (Wildman–Crippen LogP) is 4.15. The lowest BCUT2D eigenvalue weighted by atomic mass is 10.1. The van der Waals surface area contributed by atoms with E-state index in [2.05, 4.69) is 0 Å². The van der Waals surface area contributed by atoms with Gasteiger partial charge in [0, 0.05) is 5.56 Å². The molecule has 0 N–H and O–H groups in total. The van der Waals surface area contributed by atoms with Crippen LogP contribution >= 0.6 is 0 Å². The molecule has 0 bridgehead atoms. The third kappa shape index (κ3) is 4.17. The molecule has 2 aromatic carbocycles. The number of fused-ring (bicyclic) bond motifs is 1. The second kappa shape index (κ2) is 8.43. The summed E-state index contributed by atoms with van der Waals surface area (Å²) in [5.41, 5.74) is 1.41. The van der Waals surface area contributed by atoms with Gasteiger partial charge in [-0.1, -0.05) is 19.1 Å². The summed E-state index contributed by atoms with van der Waals surface area (Å²) >= 11 is 0. The second-order valence-corrected chi connectivity index (χ2v) is 5.81. The van der Waals surface area contributed by atoms with Gasteiger partial charge in [0.15, 0.2) is 28.8 Å². The highest BCUT2D eigenvalue weighted by Crippen LogP contribution is 2.31. The zero-order valence-corrected chi connectivity index (χ0v) is 15.0. The van der Waals surface area contributed by atoms with Gasteiger partial charge in [0.25, 0.3) is 0 Å². The summed E-state index contributed by atoms with van der Waals surface area (Å²) < 4.78 is 22.0. The average Bonchev–Trinajstić information content (AvgIpc) is 2.70. The molecule has 0 aliphatic carbocycles. The minimum absolute atomic E-state index is 0.104. The molecule has 1 aliphatic rings. The van der Waals surface area contributed by atoms with Crippen molar-refractivity contribution in [3.63, 3.8) is 0 Å². The molecule has 5 nitrogen and oxygen atoms in total. The highest BCUT2D eigenvalue weighted by molar-refractivity contribution is 6.07. The number of carbonyl (C=O) groups excluding carboxylic acids is 1. The molecule has 1 aliphatic heterocycles. The maximum atomic E-state index is 12.4. The Morgan fingerprint density at radius 2 is 1.88 bits per heavy atom. The number of hydrogen-bond acceptors (Lipinski definition) is 5. The van der Waals surface area contributed by atoms with Crippen LogP contribution in [0.5, 0.6) is 23.0 Å². The molecule has 136 valence electrons. The van der Waals surface area contributed by atoms with Crippen LogP contribution in [0.3, 0.4) is 0 Å². The first kappa shape index (κ1) is 17.9. The smallest absolute Gasteiger partial charge is 0.185 e. The summed E-state index contributed by atoms with van der Waals surface area (Å²) in [6.07, 6.45) is 4.22. The molecule has 0 saturated carbocycles. The summed E-state index contributed by atoms with van der Waals surface area (Å²) in [4.78, 5) is 12.4. The van der Waals surface area contributed by atoms with E-state index in [9.17, 15) is 4.79 Å². The van der Waals surface area contributed by atoms with Crippen LogP contribution in [0, 0.1) is 0 Å². The molecule has 3 rings (SSSR count). The molecule has 0 fully saturated rings. The number of allylic oxidation sites excluding steroid dienone is 1. The molecule has 0 amide bonds. The van der Waals surface area contributed by atoms with Gasteiger partial charge >= 0.3 is 0 Å². The van der Waals surface area contributed by atoms with Crippen molar-refractivity contribution in [2.75, 3.05) is 26.9 Å². The Morgan fingerprint density at radius 1 is 1.08 bits per heavy atom. The second-order valence-electron chi connectivity index (χ2n) is 5.81. The number of methoxy groups -OCH3 is 1. The minimum atomic E-state index is -0.104. The topological polar surface area (TPSA) is 54.0 Å². The van der Waals surface area contributed by atoms with E-state index < -0.39 is 0 Å². The summed E-state index contributed by atoms with van der Waals surface area (Å²) in [6, 6.07) is 10.8. The Hall–Kier alpha value is -2.95. The van der Waals surface area contributed by atoms with Crippen molar-refractivity contribution >= 4 is 11.9 Å². The van der Waals surface area contributed by atoms with Gasteiger partial charge in [0.1, 0.15) is 13.2 Å². The van der Waals surface area contributed by atoms with E-state index in [4.69, 9.17) is 18.9 Å². The van der Waals surface area contributed by atoms with Gasteiger partial charge < -0.3 is 18.9 Å². The third-order valence-electron chi connectivity index (χ3n) is 3.90. The lowest BCUT2D eigenvalue weighted by Gasteiger charge is -2.18. The molecule has 0 radical (unpaired) electrons. The van der Waals surface area contributed by atoms with Crippen LogP contribution in [0.1, 0.15) is 29.3 Å². The molecule has 5 heteroatoms. The Labute approximate surface area is 153 Å². The Balaban J connectivity index is 1.73. The molecule has 0 unspecified atom stereocenters. The monoisotopic (exact) mass is 354 g/mol. The molecule has 0 saturated heterocycles. The summed E-state index contributed by atoms with van der Waals surface area (Å²) in [5.74, 6) is 2.52. The number of carbonyl (C=O) groups is 1. The first-order valence-electron chi connectivity index (χ1n) is 8.64. The van der Waals surface area contributed by atoms with Crippen molar-refractivity contribution < 1.29 is 23.7 Å². The molecule has 0 spiro atoms. The predicted molar refractivity (Wildman–Crippen MR) is 99.6 cm³/mol. The van der Waals surface area contributed by atoms with Gasteiger partial charge in [-0.3, -0.25) is 4.79 Å². The molecular formula is C21H22O5. The number of hydrogen-bond donors (Lipinski definition) is 0. The van der Waals surface area contributed by atoms with Crippen molar-refractivity contribution in [2.45, 2.75) is 13.3 Å². The van der Waals surface area contributed by atoms with Crippen molar-refractivity contribution in [1.82, 2.24) is 0 Å². The maximum Gasteiger partial charge on any atom is 0.185 e. The van der Waals surface area contributed by atoms with Crippen molar-refractivity contribution in [1.29, 1.82) is 0 Å². The highest BCUT2D eigenvalue weighted by Gasteiger charge is 2.13. The standard InChI is InChI=1S/C21H22O5/c1-3-10-24-18-8-5-15(13-20(18)23-2)4-7-17(22)16-6-9-19-21(14-16)26-12-11-25-19/h4-9,13-14H,3,10-12H2,1-2H3. The third-order valence-corrected chi connectivity index (χ3v) is 3.90. The molecule has 0 aromatic heterocycles. The summed E-state index contributed by atoms with van der Waals surface area (Å²) in [7, 11) is 1.60. The zero-order chi connectivity index (χ0) is 18.4. The summed E-state index contributed by atoms with van der Waals surface area (Å²) in [6.45, 7) is 3.70. The van der Waals surface area contributed by atoms with Crippen molar-refractivity contribution in [3.8, 4) is 23.0 Å². The van der Waals surface area contributed by atoms with Crippen LogP contribution in [0.15, 0.2) is 42.5 Å². The Kier molecular flexibility index (Phi) is 5.79. The fraction of sp³-hybridized carbons (Fsp3) is 0.286. The molecule has 26 heavy (non-hydrogen) atoms. The Bertz CT molecular complexity index is 810. The average molecular weight is 354 g/mol. The summed E-state index contributed by atoms with van der Waals surface area (Å²) in [5, 5.41) is 0.